The Morgan fingerprint density at radius 3 is 2.40 bits per heavy atom. The van der Waals surface area contributed by atoms with E-state index in [1.54, 1.807) is 0 Å². The van der Waals surface area contributed by atoms with Gasteiger partial charge in [0.1, 0.15) is 5.75 Å². The molecule has 0 saturated heterocycles. The lowest BCUT2D eigenvalue weighted by Gasteiger charge is -2.12. The number of para-hydroxylation sites is 1. The van der Waals surface area contributed by atoms with E-state index in [9.17, 15) is 18.0 Å². The second-order valence-corrected chi connectivity index (χ2v) is 5.53. The normalized spacial score (nSPS) is 10.4. The van der Waals surface area contributed by atoms with Gasteiger partial charge in [0.15, 0.2) is 17.5 Å². The summed E-state index contributed by atoms with van der Waals surface area (Å²) in [6.45, 7) is 4.57. The minimum absolute atomic E-state index is 0.280. The van der Waals surface area contributed by atoms with Crippen LogP contribution in [0.5, 0.6) is 5.75 Å². The van der Waals surface area contributed by atoms with Crippen LogP contribution in [0.4, 0.5) is 23.7 Å². The number of nitrogens with one attached hydrogen (secondary N) is 2. The van der Waals surface area contributed by atoms with Crippen molar-refractivity contribution in [1.29, 1.82) is 0 Å². The summed E-state index contributed by atoms with van der Waals surface area (Å²) in [6, 6.07) is 6.83. The van der Waals surface area contributed by atoms with Crippen LogP contribution >= 0.6 is 0 Å². The van der Waals surface area contributed by atoms with Gasteiger partial charge in [-0.25, -0.2) is 18.0 Å². The molecule has 0 unspecified atom stereocenters. The highest BCUT2D eigenvalue weighted by Gasteiger charge is 2.14. The Hall–Kier alpha value is -2.70. The fraction of sp³-hybridized carbons (Fsp3) is 0.278. The number of carbonyl (C=O) groups excluding carboxylic acids is 1. The lowest BCUT2D eigenvalue weighted by molar-refractivity contribution is 0.250. The van der Waals surface area contributed by atoms with E-state index in [2.05, 4.69) is 10.6 Å². The quantitative estimate of drug-likeness (QED) is 0.601. The van der Waals surface area contributed by atoms with Crippen molar-refractivity contribution in [3.05, 3.63) is 58.9 Å². The number of hydrogen-bond acceptors (Lipinski definition) is 2. The molecule has 0 bridgehead atoms. The number of halogens is 3. The van der Waals surface area contributed by atoms with Gasteiger partial charge in [0.25, 0.3) is 0 Å². The number of anilines is 1. The highest BCUT2D eigenvalue weighted by molar-refractivity contribution is 5.89. The molecule has 0 saturated carbocycles. The average Bonchev–Trinajstić information content (AvgIpc) is 2.57. The van der Waals surface area contributed by atoms with Crippen LogP contribution < -0.4 is 15.4 Å². The highest BCUT2D eigenvalue weighted by atomic mass is 19.2. The van der Waals surface area contributed by atoms with Crippen LogP contribution in [0.15, 0.2) is 30.3 Å². The standard InChI is InChI=1S/C18H19F3N2O2/c1-11-5-3-6-12(2)17(11)25-10-4-9-22-18(24)23-14-8-7-13(19)15(20)16(14)21/h3,5-8H,4,9-10H2,1-2H3,(H2,22,23,24). The molecule has 134 valence electrons. The number of urea groups is 1. The van der Waals surface area contributed by atoms with Gasteiger partial charge in [0.05, 0.1) is 12.3 Å². The molecule has 2 N–H and O–H groups in total. The molecule has 25 heavy (non-hydrogen) atoms. The van der Waals surface area contributed by atoms with E-state index in [1.807, 2.05) is 32.0 Å². The largest absolute Gasteiger partial charge is 0.493 e. The van der Waals surface area contributed by atoms with E-state index >= 15 is 0 Å². The van der Waals surface area contributed by atoms with Gasteiger partial charge in [-0.15, -0.1) is 0 Å². The SMILES string of the molecule is Cc1cccc(C)c1OCCCNC(=O)Nc1ccc(F)c(F)c1F. The Kier molecular flexibility index (Phi) is 6.27. The number of ether oxygens (including phenoxy) is 1. The second kappa shape index (κ2) is 8.41. The monoisotopic (exact) mass is 352 g/mol. The molecule has 2 aromatic carbocycles. The molecule has 7 heteroatoms. The van der Waals surface area contributed by atoms with E-state index in [0.717, 1.165) is 29.0 Å². The van der Waals surface area contributed by atoms with E-state index in [0.29, 0.717) is 13.0 Å². The minimum Gasteiger partial charge on any atom is -0.493 e. The summed E-state index contributed by atoms with van der Waals surface area (Å²) >= 11 is 0. The third-order valence-corrected chi connectivity index (χ3v) is 3.55. The molecule has 0 spiro atoms. The number of aryl methyl sites for hydroxylation is 2. The van der Waals surface area contributed by atoms with Crippen molar-refractivity contribution >= 4 is 11.7 Å². The van der Waals surface area contributed by atoms with Crippen molar-refractivity contribution in [3.8, 4) is 5.75 Å². The molecule has 0 aliphatic rings. The Balaban J connectivity index is 1.75. The number of carbonyl (C=O) groups is 1. The lowest BCUT2D eigenvalue weighted by Crippen LogP contribution is -2.30. The number of benzene rings is 2. The molecule has 2 amide bonds. The molecule has 0 heterocycles. The van der Waals surface area contributed by atoms with E-state index < -0.39 is 29.2 Å². The van der Waals surface area contributed by atoms with Crippen molar-refractivity contribution in [2.24, 2.45) is 0 Å². The molecular formula is C18H19F3N2O2. The molecule has 0 atom stereocenters. The molecule has 0 aromatic heterocycles. The minimum atomic E-state index is -1.63. The first-order chi connectivity index (χ1) is 11.9. The number of amides is 2. The maximum Gasteiger partial charge on any atom is 0.319 e. The van der Waals surface area contributed by atoms with Crippen LogP contribution in [-0.4, -0.2) is 19.2 Å². The predicted molar refractivity (Wildman–Crippen MR) is 89.4 cm³/mol. The molecule has 0 aliphatic heterocycles. The van der Waals surface area contributed by atoms with Gasteiger partial charge < -0.3 is 15.4 Å². The van der Waals surface area contributed by atoms with Crippen LogP contribution in [0.2, 0.25) is 0 Å². The highest BCUT2D eigenvalue weighted by Crippen LogP contribution is 2.22. The Morgan fingerprint density at radius 1 is 1.04 bits per heavy atom. The lowest BCUT2D eigenvalue weighted by atomic mass is 10.1. The Morgan fingerprint density at radius 2 is 1.72 bits per heavy atom. The van der Waals surface area contributed by atoms with Gasteiger partial charge in [-0.1, -0.05) is 18.2 Å². The molecular weight excluding hydrogens is 333 g/mol. The third-order valence-electron chi connectivity index (χ3n) is 3.55. The molecule has 2 aromatic rings. The first-order valence-corrected chi connectivity index (χ1v) is 7.77. The molecule has 0 fully saturated rings. The Labute approximate surface area is 144 Å². The first kappa shape index (κ1) is 18.6. The zero-order chi connectivity index (χ0) is 18.4. The van der Waals surface area contributed by atoms with Crippen molar-refractivity contribution < 1.29 is 22.7 Å². The summed E-state index contributed by atoms with van der Waals surface area (Å²) in [5, 5.41) is 4.63. The van der Waals surface area contributed by atoms with Crippen LogP contribution in [0.3, 0.4) is 0 Å². The topological polar surface area (TPSA) is 50.4 Å². The third kappa shape index (κ3) is 4.89. The maximum absolute atomic E-state index is 13.5. The van der Waals surface area contributed by atoms with Gasteiger partial charge >= 0.3 is 6.03 Å². The summed E-state index contributed by atoms with van der Waals surface area (Å²) in [6.07, 6.45) is 0.529. The maximum atomic E-state index is 13.5. The molecule has 2 rings (SSSR count). The summed E-state index contributed by atoms with van der Waals surface area (Å²) in [4.78, 5) is 11.7. The molecule has 0 radical (unpaired) electrons. The molecule has 0 aliphatic carbocycles. The first-order valence-electron chi connectivity index (χ1n) is 7.77. The zero-order valence-electron chi connectivity index (χ0n) is 14.0. The smallest absolute Gasteiger partial charge is 0.319 e. The van der Waals surface area contributed by atoms with E-state index in [1.165, 1.54) is 0 Å². The zero-order valence-corrected chi connectivity index (χ0v) is 14.0. The summed E-state index contributed by atoms with van der Waals surface area (Å²) in [5.41, 5.74) is 1.63. The molecule has 4 nitrogen and oxygen atoms in total. The van der Waals surface area contributed by atoms with Gasteiger partial charge in [0, 0.05) is 6.54 Å². The predicted octanol–water partition coefficient (Wildman–Crippen LogP) is 4.31. The van der Waals surface area contributed by atoms with Gasteiger partial charge in [-0.05, 0) is 43.5 Å². The van der Waals surface area contributed by atoms with Crippen LogP contribution in [0.25, 0.3) is 0 Å². The Bertz CT molecular complexity index is 746. The summed E-state index contributed by atoms with van der Waals surface area (Å²) in [7, 11) is 0. The van der Waals surface area contributed by atoms with Crippen LogP contribution in [0.1, 0.15) is 17.5 Å². The van der Waals surface area contributed by atoms with Crippen molar-refractivity contribution in [3.63, 3.8) is 0 Å². The number of hydrogen-bond donors (Lipinski definition) is 2. The second-order valence-electron chi connectivity index (χ2n) is 5.53. The number of rotatable bonds is 6. The van der Waals surface area contributed by atoms with Crippen LogP contribution in [-0.2, 0) is 0 Å². The van der Waals surface area contributed by atoms with E-state index in [4.69, 9.17) is 4.74 Å². The average molecular weight is 352 g/mol. The van der Waals surface area contributed by atoms with Gasteiger partial charge in [-0.3, -0.25) is 0 Å². The van der Waals surface area contributed by atoms with Gasteiger partial charge in [0.2, 0.25) is 0 Å². The fourth-order valence-electron chi connectivity index (χ4n) is 2.26. The van der Waals surface area contributed by atoms with Crippen molar-refractivity contribution in [2.75, 3.05) is 18.5 Å². The fourth-order valence-corrected chi connectivity index (χ4v) is 2.26. The summed E-state index contributed by atoms with van der Waals surface area (Å²) < 4.78 is 45.1. The van der Waals surface area contributed by atoms with Gasteiger partial charge in [-0.2, -0.15) is 0 Å². The van der Waals surface area contributed by atoms with Crippen LogP contribution in [0, 0.1) is 31.3 Å². The van der Waals surface area contributed by atoms with Crippen molar-refractivity contribution in [2.45, 2.75) is 20.3 Å². The van der Waals surface area contributed by atoms with E-state index in [-0.39, 0.29) is 6.54 Å². The van der Waals surface area contributed by atoms with Crippen molar-refractivity contribution in [1.82, 2.24) is 5.32 Å². The summed E-state index contributed by atoms with van der Waals surface area (Å²) in [5.74, 6) is -3.56.